The van der Waals surface area contributed by atoms with Crippen molar-refractivity contribution in [3.05, 3.63) is 0 Å². The molecule has 0 aromatic heterocycles. The molecule has 0 radical (unpaired) electrons. The number of ether oxygens (including phenoxy) is 3. The summed E-state index contributed by atoms with van der Waals surface area (Å²) in [5, 5.41) is 0. The third-order valence-corrected chi connectivity index (χ3v) is 10.8. The average molecular weight is 1000 g/mol. The Hall–Kier alpha value is -5.50. The SMILES string of the molecule is C.C#C.C#CC.C#CC#CC.C#CC#CC#C.CC#CC.CC(=O)C(C)C(C)=O.CCC(=O)OC.CCC(C)=O.CCC(C)CSS(C)(=O)=O.COC(=O)C(C)C(=O)OC.CSS(C)(=O)=O. The molecule has 0 saturated carbocycles. The standard InChI is InChI=1S/C6H10O4.C6H14O2S2.C6H10O2.C6H2.C5H4.C4H8O2.C4H8O.C4H6.C3H4.C2H6O2S2.C2H2.CH4/c1-4(5(7)9-2)6(8)10-3;1-4-6(2)5-9-10(3,7)8;1-4(5(2)7)6(3)8;1-3-5-6-4-2;1-3-5-4-2;1-3-4(5)6-2;1-3-4(2)5;1-3-4-2;1-3-2;1-5-6(2,3)4;1-2;/h4H,1-3H3;6H,4-5H2,1-3H3;4H,1-3H3;1-2H;1H,2H3;3H2,1-2H3;3H2,1-2H3;1-2H3;1H,2H3;1-2H3;1-2H;1H4. The van der Waals surface area contributed by atoms with Crippen LogP contribution in [0.3, 0.4) is 0 Å². The number of esters is 3. The molecule has 0 heterocycles. The molecule has 0 bridgehead atoms. The van der Waals surface area contributed by atoms with Gasteiger partial charge in [0.05, 0.1) is 27.2 Å². The molecule has 17 heteroatoms. The fourth-order valence-corrected chi connectivity index (χ4v) is 3.54. The number of hydrogen-bond donors (Lipinski definition) is 0. The Kier molecular flexibility index (Phi) is 102. The van der Waals surface area contributed by atoms with E-state index in [1.54, 1.807) is 34.6 Å². The van der Waals surface area contributed by atoms with Gasteiger partial charge >= 0.3 is 17.9 Å². The number of carbonyl (C=O) groups is 6. The summed E-state index contributed by atoms with van der Waals surface area (Å²) in [6, 6.07) is 0. The zero-order valence-electron chi connectivity index (χ0n) is 42.0. The second-order valence-electron chi connectivity index (χ2n) is 10.9. The van der Waals surface area contributed by atoms with Crippen LogP contribution in [0.4, 0.5) is 0 Å². The molecular weight excluding hydrogens is 925 g/mol. The number of ketones is 3. The minimum atomic E-state index is -2.81. The molecule has 0 aliphatic rings. The van der Waals surface area contributed by atoms with E-state index >= 15 is 0 Å². The van der Waals surface area contributed by atoms with Crippen LogP contribution in [0, 0.1) is 115 Å². The molecule has 0 aromatic rings. The van der Waals surface area contributed by atoms with Crippen LogP contribution < -0.4 is 0 Å². The fraction of sp³-hybridized carbons (Fsp3) is 0.551. The van der Waals surface area contributed by atoms with Gasteiger partial charge in [0.1, 0.15) is 17.3 Å². The molecule has 0 aromatic carbocycles. The lowest BCUT2D eigenvalue weighted by atomic mass is 10.0. The van der Waals surface area contributed by atoms with Crippen molar-refractivity contribution in [1.29, 1.82) is 0 Å². The second kappa shape index (κ2) is 73.9. The van der Waals surface area contributed by atoms with Gasteiger partial charge in [0.2, 0.25) is 0 Å². The topological polar surface area (TPSA) is 198 Å². The van der Waals surface area contributed by atoms with Crippen LogP contribution in [-0.2, 0) is 60.7 Å². The smallest absolute Gasteiger partial charge is 0.319 e. The van der Waals surface area contributed by atoms with Gasteiger partial charge in [-0.05, 0) is 132 Å². The summed E-state index contributed by atoms with van der Waals surface area (Å²) in [4.78, 5) is 61.7. The quantitative estimate of drug-likeness (QED) is 0.0638. The summed E-state index contributed by atoms with van der Waals surface area (Å²) in [6.07, 6.45) is 32.8. The monoisotopic (exact) mass is 1000 g/mol. The largest absolute Gasteiger partial charge is 0.469 e. The van der Waals surface area contributed by atoms with Crippen LogP contribution in [0.5, 0.6) is 0 Å². The highest BCUT2D eigenvalue weighted by atomic mass is 33.1. The number of methoxy groups -OCH3 is 3. The summed E-state index contributed by atoms with van der Waals surface area (Å²) in [5.74, 6) is 22.1. The average Bonchev–Trinajstić information content (AvgIpc) is 3.28. The number of terminal acetylenes is 5. The van der Waals surface area contributed by atoms with Crippen LogP contribution in [0.2, 0.25) is 0 Å². The van der Waals surface area contributed by atoms with Gasteiger partial charge in [0.15, 0.2) is 23.7 Å². The summed E-state index contributed by atoms with van der Waals surface area (Å²) >= 11 is 0. The van der Waals surface area contributed by atoms with Gasteiger partial charge in [0, 0.05) is 31.1 Å². The van der Waals surface area contributed by atoms with Gasteiger partial charge in [-0.2, -0.15) is 0 Å². The molecule has 0 fully saturated rings. The number of Topliss-reactive ketones (excluding diaryl/α,β-unsaturated/α-hetero) is 3. The minimum Gasteiger partial charge on any atom is -0.469 e. The molecule has 0 amide bonds. The molecular formula is C49H78O13S4. The van der Waals surface area contributed by atoms with E-state index in [4.69, 9.17) is 19.3 Å². The van der Waals surface area contributed by atoms with E-state index < -0.39 is 41.5 Å². The highest BCUT2D eigenvalue weighted by Crippen LogP contribution is 2.16. The first-order chi connectivity index (χ1) is 29.9. The molecule has 0 saturated heterocycles. The van der Waals surface area contributed by atoms with Crippen LogP contribution in [0.25, 0.3) is 0 Å². The molecule has 0 aliphatic heterocycles. The van der Waals surface area contributed by atoms with Gasteiger partial charge in [0.25, 0.3) is 0 Å². The highest BCUT2D eigenvalue weighted by molar-refractivity contribution is 8.72. The van der Waals surface area contributed by atoms with E-state index in [1.807, 2.05) is 20.8 Å². The Bertz CT molecular complexity index is 1810. The lowest BCUT2D eigenvalue weighted by molar-refractivity contribution is -0.157. The van der Waals surface area contributed by atoms with Gasteiger partial charge < -0.3 is 19.0 Å². The Morgan fingerprint density at radius 2 is 0.894 bits per heavy atom. The Morgan fingerprint density at radius 3 is 0.985 bits per heavy atom. The van der Waals surface area contributed by atoms with Crippen LogP contribution >= 0.6 is 21.6 Å². The van der Waals surface area contributed by atoms with E-state index in [2.05, 4.69) is 107 Å². The molecule has 13 nitrogen and oxygen atoms in total. The predicted octanol–water partition coefficient (Wildman–Crippen LogP) is 7.81. The van der Waals surface area contributed by atoms with Crippen LogP contribution in [-0.4, -0.2) is 97.9 Å². The first kappa shape index (κ1) is 91.1. The van der Waals surface area contributed by atoms with Gasteiger partial charge in [-0.15, -0.1) is 56.3 Å². The van der Waals surface area contributed by atoms with Crippen molar-refractivity contribution in [1.82, 2.24) is 0 Å². The Labute approximate surface area is 410 Å². The zero-order chi connectivity index (χ0) is 54.6. The van der Waals surface area contributed by atoms with E-state index in [-0.39, 0.29) is 30.7 Å². The maximum absolute atomic E-state index is 10.6. The predicted molar refractivity (Wildman–Crippen MR) is 280 cm³/mol. The van der Waals surface area contributed by atoms with Gasteiger partial charge in [-0.3, -0.25) is 24.0 Å². The third kappa shape index (κ3) is 138. The first-order valence-corrected chi connectivity index (χ1v) is 25.6. The van der Waals surface area contributed by atoms with E-state index in [1.165, 1.54) is 60.9 Å². The summed E-state index contributed by atoms with van der Waals surface area (Å²) in [5.41, 5.74) is 0. The van der Waals surface area contributed by atoms with Crippen molar-refractivity contribution in [2.75, 3.05) is 45.8 Å². The maximum Gasteiger partial charge on any atom is 0.319 e. The van der Waals surface area contributed by atoms with Crippen molar-refractivity contribution in [2.24, 2.45) is 17.8 Å². The summed E-state index contributed by atoms with van der Waals surface area (Å²) in [7, 11) is 0.163. The lowest BCUT2D eigenvalue weighted by Gasteiger charge is -2.04. The maximum atomic E-state index is 10.6. The molecule has 0 N–H and O–H groups in total. The van der Waals surface area contributed by atoms with Crippen LogP contribution in [0.1, 0.15) is 117 Å². The molecule has 0 rings (SSSR count). The van der Waals surface area contributed by atoms with Crippen molar-refractivity contribution in [2.45, 2.75) is 117 Å². The van der Waals surface area contributed by atoms with Crippen molar-refractivity contribution in [3.8, 4) is 97.7 Å². The van der Waals surface area contributed by atoms with Gasteiger partial charge in [-0.25, -0.2) is 16.8 Å². The Balaban J connectivity index is -0.0000000496. The number of carbonyl (C=O) groups excluding carboxylic acids is 6. The normalized spacial score (nSPS) is 8.05. The molecule has 1 atom stereocenters. The third-order valence-electron chi connectivity index (χ3n) is 5.56. The molecule has 1 unspecified atom stereocenters. The van der Waals surface area contributed by atoms with Crippen molar-refractivity contribution >= 4 is 74.6 Å². The van der Waals surface area contributed by atoms with Gasteiger partial charge in [-0.1, -0.05) is 47.5 Å². The minimum absolute atomic E-state index is 0. The van der Waals surface area contributed by atoms with E-state index in [0.29, 0.717) is 18.8 Å². The molecule has 376 valence electrons. The Morgan fingerprint density at radius 1 is 0.591 bits per heavy atom. The second-order valence-corrected chi connectivity index (χ2v) is 20.0. The number of hydrogen-bond acceptors (Lipinski definition) is 15. The van der Waals surface area contributed by atoms with E-state index in [9.17, 15) is 45.6 Å². The number of rotatable bonds is 11. The lowest BCUT2D eigenvalue weighted by Crippen LogP contribution is -2.23. The fourth-order valence-electron chi connectivity index (χ4n) is 1.38. The highest BCUT2D eigenvalue weighted by Gasteiger charge is 2.22. The van der Waals surface area contributed by atoms with Crippen molar-refractivity contribution in [3.63, 3.8) is 0 Å². The molecule has 66 heavy (non-hydrogen) atoms. The first-order valence-electron chi connectivity index (χ1n) is 18.6. The summed E-state index contributed by atoms with van der Waals surface area (Å²) in [6.45, 7) is 22.2. The van der Waals surface area contributed by atoms with Crippen molar-refractivity contribution < 1.29 is 59.8 Å². The van der Waals surface area contributed by atoms with Crippen LogP contribution in [0.15, 0.2) is 0 Å². The summed E-state index contributed by atoms with van der Waals surface area (Å²) < 4.78 is 54.0. The molecule has 0 aliphatic carbocycles. The van der Waals surface area contributed by atoms with E-state index in [0.717, 1.165) is 33.8 Å². The molecule has 0 spiro atoms. The zero-order valence-corrected chi connectivity index (χ0v) is 45.2.